The molecule has 0 bridgehead atoms. The summed E-state index contributed by atoms with van der Waals surface area (Å²) >= 11 is 0. The molecule has 0 aromatic heterocycles. The Morgan fingerprint density at radius 2 is 1.79 bits per heavy atom. The van der Waals surface area contributed by atoms with Crippen molar-refractivity contribution in [2.75, 3.05) is 19.0 Å². The van der Waals surface area contributed by atoms with Crippen molar-refractivity contribution in [3.8, 4) is 5.75 Å². The van der Waals surface area contributed by atoms with E-state index >= 15 is 0 Å². The number of nitrogens with one attached hydrogen (secondary N) is 1. The minimum absolute atomic E-state index is 0.355. The molecule has 134 valence electrons. The minimum Gasteiger partial charge on any atom is -0.403 e. The summed E-state index contributed by atoms with van der Waals surface area (Å²) < 4.78 is 44.2. The number of carbonyl (C=O) groups is 1. The van der Waals surface area contributed by atoms with Crippen LogP contribution in [0.4, 0.5) is 29.3 Å². The second-order valence-electron chi connectivity index (χ2n) is 6.25. The van der Waals surface area contributed by atoms with E-state index < -0.39 is 39.7 Å². The van der Waals surface area contributed by atoms with Crippen molar-refractivity contribution in [3.05, 3.63) is 27.8 Å². The molecule has 0 aliphatic rings. The van der Waals surface area contributed by atoms with Crippen LogP contribution in [-0.2, 0) is 6.18 Å². The molecule has 24 heavy (non-hydrogen) atoms. The molecule has 0 heterocycles. The number of alkyl halides is 3. The highest BCUT2D eigenvalue weighted by molar-refractivity contribution is 5.75. The van der Waals surface area contributed by atoms with Crippen LogP contribution >= 0.6 is 0 Å². The van der Waals surface area contributed by atoms with Crippen molar-refractivity contribution in [2.24, 2.45) is 0 Å². The number of nitrogens with zero attached hydrogens (tertiary/aromatic N) is 2. The third-order valence-electron chi connectivity index (χ3n) is 2.74. The van der Waals surface area contributed by atoms with Crippen LogP contribution in [0.1, 0.15) is 26.3 Å². The van der Waals surface area contributed by atoms with Gasteiger partial charge in [-0.1, -0.05) is 0 Å². The topological polar surface area (TPSA) is 84.7 Å². The summed E-state index contributed by atoms with van der Waals surface area (Å²) in [6.45, 7) is 4.96. The second kappa shape index (κ2) is 6.54. The Kier molecular flexibility index (Phi) is 5.32. The Morgan fingerprint density at radius 1 is 1.25 bits per heavy atom. The molecular weight excluding hydrogens is 331 g/mol. The van der Waals surface area contributed by atoms with E-state index in [1.165, 1.54) is 14.1 Å². The molecule has 0 saturated heterocycles. The highest BCUT2D eigenvalue weighted by Crippen LogP contribution is 2.42. The monoisotopic (exact) mass is 349 g/mol. The number of nitro groups is 1. The van der Waals surface area contributed by atoms with Gasteiger partial charge in [-0.05, 0) is 20.8 Å². The largest absolute Gasteiger partial charge is 0.418 e. The molecule has 0 fully saturated rings. The second-order valence-corrected chi connectivity index (χ2v) is 6.25. The summed E-state index contributed by atoms with van der Waals surface area (Å²) in [6, 6.07) is 1.18. The lowest BCUT2D eigenvalue weighted by Crippen LogP contribution is -2.42. The van der Waals surface area contributed by atoms with E-state index in [0.717, 1.165) is 11.0 Å². The SMILES string of the molecule is CN(C)c1cc(OC(=O)NC(C)(C)C)c([N+](=O)[O-])cc1C(F)(F)F. The average molecular weight is 349 g/mol. The maximum atomic E-state index is 13.1. The number of nitro benzene ring substituents is 1. The van der Waals surface area contributed by atoms with E-state index in [4.69, 9.17) is 4.74 Å². The maximum absolute atomic E-state index is 13.1. The van der Waals surface area contributed by atoms with Crippen molar-refractivity contribution in [2.45, 2.75) is 32.5 Å². The fourth-order valence-corrected chi connectivity index (χ4v) is 1.81. The number of hydrogen-bond donors (Lipinski definition) is 1. The Morgan fingerprint density at radius 3 is 2.17 bits per heavy atom. The van der Waals surface area contributed by atoms with E-state index in [9.17, 15) is 28.1 Å². The van der Waals surface area contributed by atoms with E-state index in [0.29, 0.717) is 6.07 Å². The Labute approximate surface area is 136 Å². The smallest absolute Gasteiger partial charge is 0.403 e. The summed E-state index contributed by atoms with van der Waals surface area (Å²) in [5, 5.41) is 13.5. The molecule has 10 heteroatoms. The summed E-state index contributed by atoms with van der Waals surface area (Å²) in [5.41, 5.74) is -3.17. The number of carbonyl (C=O) groups excluding carboxylic acids is 1. The molecule has 7 nitrogen and oxygen atoms in total. The summed E-state index contributed by atoms with van der Waals surface area (Å²) in [7, 11) is 2.69. The molecule has 0 aliphatic carbocycles. The Bertz CT molecular complexity index is 652. The maximum Gasteiger partial charge on any atom is 0.418 e. The van der Waals surface area contributed by atoms with E-state index in [1.807, 2.05) is 0 Å². The molecule has 0 aliphatic heterocycles. The summed E-state index contributed by atoms with van der Waals surface area (Å²) in [4.78, 5) is 22.9. The normalized spacial score (nSPS) is 11.8. The van der Waals surface area contributed by atoms with Gasteiger partial charge in [-0.15, -0.1) is 0 Å². The molecule has 1 aromatic rings. The molecular formula is C14H18F3N3O4. The van der Waals surface area contributed by atoms with E-state index in [-0.39, 0.29) is 5.69 Å². The Balaban J connectivity index is 3.41. The van der Waals surface area contributed by atoms with Gasteiger partial charge in [0.1, 0.15) is 0 Å². The highest BCUT2D eigenvalue weighted by Gasteiger charge is 2.38. The molecule has 0 unspecified atom stereocenters. The van der Waals surface area contributed by atoms with Crippen molar-refractivity contribution < 1.29 is 27.6 Å². The predicted octanol–water partition coefficient (Wildman–Crippen LogP) is 3.57. The van der Waals surface area contributed by atoms with Crippen LogP contribution in [-0.4, -0.2) is 30.7 Å². The number of hydrogen-bond acceptors (Lipinski definition) is 5. The molecule has 1 amide bonds. The van der Waals surface area contributed by atoms with Gasteiger partial charge in [-0.25, -0.2) is 4.79 Å². The number of amides is 1. The zero-order valence-electron chi connectivity index (χ0n) is 13.8. The fourth-order valence-electron chi connectivity index (χ4n) is 1.81. The van der Waals surface area contributed by atoms with Gasteiger partial charge in [0.2, 0.25) is 5.75 Å². The number of ether oxygens (including phenoxy) is 1. The molecule has 0 radical (unpaired) electrons. The van der Waals surface area contributed by atoms with Gasteiger partial charge in [0.15, 0.2) is 0 Å². The van der Waals surface area contributed by atoms with Crippen LogP contribution in [0.5, 0.6) is 5.75 Å². The van der Waals surface area contributed by atoms with Crippen molar-refractivity contribution >= 4 is 17.5 Å². The summed E-state index contributed by atoms with van der Waals surface area (Å²) in [5.74, 6) is -0.571. The minimum atomic E-state index is -4.80. The van der Waals surface area contributed by atoms with E-state index in [1.54, 1.807) is 20.8 Å². The zero-order chi connectivity index (χ0) is 18.9. The molecule has 0 atom stereocenters. The first-order valence-electron chi connectivity index (χ1n) is 6.79. The molecule has 1 aromatic carbocycles. The molecule has 1 N–H and O–H groups in total. The van der Waals surface area contributed by atoms with Gasteiger partial charge in [0, 0.05) is 31.8 Å². The van der Waals surface area contributed by atoms with Crippen LogP contribution < -0.4 is 15.0 Å². The predicted molar refractivity (Wildman–Crippen MR) is 81.3 cm³/mol. The molecule has 0 spiro atoms. The zero-order valence-corrected chi connectivity index (χ0v) is 13.8. The lowest BCUT2D eigenvalue weighted by Gasteiger charge is -2.22. The van der Waals surface area contributed by atoms with Crippen LogP contribution in [0, 0.1) is 10.1 Å². The first kappa shape index (κ1) is 19.5. The molecule has 1 rings (SSSR count). The van der Waals surface area contributed by atoms with Gasteiger partial charge in [0.25, 0.3) is 0 Å². The van der Waals surface area contributed by atoms with Gasteiger partial charge >= 0.3 is 18.0 Å². The van der Waals surface area contributed by atoms with Crippen molar-refractivity contribution in [1.29, 1.82) is 0 Å². The quantitative estimate of drug-likeness (QED) is 0.666. The molecule has 0 saturated carbocycles. The van der Waals surface area contributed by atoms with Gasteiger partial charge < -0.3 is 15.0 Å². The standard InChI is InChI=1S/C14H18F3N3O4/c1-13(2,3)18-12(21)24-11-7-9(19(4)5)8(14(15,16)17)6-10(11)20(22)23/h6-7H,1-5H3,(H,18,21). The van der Waals surface area contributed by atoms with E-state index in [2.05, 4.69) is 5.32 Å². The summed E-state index contributed by atoms with van der Waals surface area (Å²) in [6.07, 6.45) is -5.80. The number of halogens is 3. The van der Waals surface area contributed by atoms with Crippen LogP contribution in [0.3, 0.4) is 0 Å². The lowest BCUT2D eigenvalue weighted by molar-refractivity contribution is -0.385. The van der Waals surface area contributed by atoms with Gasteiger partial charge in [-0.3, -0.25) is 10.1 Å². The number of benzene rings is 1. The van der Waals surface area contributed by atoms with Gasteiger partial charge in [0.05, 0.1) is 16.2 Å². The first-order valence-corrected chi connectivity index (χ1v) is 6.79. The van der Waals surface area contributed by atoms with Crippen LogP contribution in [0.25, 0.3) is 0 Å². The van der Waals surface area contributed by atoms with Crippen LogP contribution in [0.2, 0.25) is 0 Å². The number of anilines is 1. The average Bonchev–Trinajstić information content (AvgIpc) is 2.33. The first-order chi connectivity index (χ1) is 10.7. The third kappa shape index (κ3) is 5.00. The van der Waals surface area contributed by atoms with Crippen molar-refractivity contribution in [1.82, 2.24) is 5.32 Å². The third-order valence-corrected chi connectivity index (χ3v) is 2.74. The highest BCUT2D eigenvalue weighted by atomic mass is 19.4. The van der Waals surface area contributed by atoms with Crippen molar-refractivity contribution in [3.63, 3.8) is 0 Å². The lowest BCUT2D eigenvalue weighted by atomic mass is 10.1. The fraction of sp³-hybridized carbons (Fsp3) is 0.500. The Hall–Kier alpha value is -2.52. The van der Waals surface area contributed by atoms with Crippen LogP contribution in [0.15, 0.2) is 12.1 Å². The van der Waals surface area contributed by atoms with Gasteiger partial charge in [-0.2, -0.15) is 13.2 Å². The number of rotatable bonds is 3.